The molecular formula is C19H32IN3O3. The number of ether oxygens (including phenoxy) is 3. The van der Waals surface area contributed by atoms with E-state index >= 15 is 0 Å². The predicted octanol–water partition coefficient (Wildman–Crippen LogP) is 3.12. The van der Waals surface area contributed by atoms with Gasteiger partial charge in [0, 0.05) is 37.2 Å². The van der Waals surface area contributed by atoms with E-state index in [-0.39, 0.29) is 36.1 Å². The van der Waals surface area contributed by atoms with E-state index in [1.54, 1.807) is 7.11 Å². The first-order chi connectivity index (χ1) is 12.1. The number of guanidine groups is 1. The summed E-state index contributed by atoms with van der Waals surface area (Å²) in [6.07, 6.45) is 1.15. The molecule has 0 fully saturated rings. The Bertz CT molecular complexity index is 596. The molecule has 1 aromatic rings. The summed E-state index contributed by atoms with van der Waals surface area (Å²) in [5, 5.41) is 6.61. The zero-order valence-corrected chi connectivity index (χ0v) is 18.8. The van der Waals surface area contributed by atoms with Gasteiger partial charge in [-0.05, 0) is 39.8 Å². The molecule has 148 valence electrons. The van der Waals surface area contributed by atoms with E-state index < -0.39 is 0 Å². The van der Waals surface area contributed by atoms with E-state index in [0.717, 1.165) is 36.0 Å². The maximum Gasteiger partial charge on any atom is 0.191 e. The van der Waals surface area contributed by atoms with Gasteiger partial charge in [0.2, 0.25) is 0 Å². The zero-order chi connectivity index (χ0) is 18.2. The quantitative estimate of drug-likeness (QED) is 0.342. The van der Waals surface area contributed by atoms with Crippen molar-refractivity contribution >= 4 is 29.9 Å². The fraction of sp³-hybridized carbons (Fsp3) is 0.632. The smallest absolute Gasteiger partial charge is 0.191 e. The van der Waals surface area contributed by atoms with E-state index in [1.165, 1.54) is 5.56 Å². The maximum absolute atomic E-state index is 5.88. The molecule has 0 saturated carbocycles. The van der Waals surface area contributed by atoms with Crippen molar-refractivity contribution in [3.05, 3.63) is 23.3 Å². The molecule has 2 unspecified atom stereocenters. The predicted molar refractivity (Wildman–Crippen MR) is 116 cm³/mol. The summed E-state index contributed by atoms with van der Waals surface area (Å²) in [6, 6.07) is 4.34. The molecule has 2 atom stereocenters. The molecule has 0 bridgehead atoms. The standard InChI is InChI=1S/C19H31N3O3.HI/c1-6-20-19(22-13(3)12-23-5)21-11-16-10-18-15(8-14(4)25-18)9-17(16)24-7-2;/h9-10,13-14H,6-8,11-12H2,1-5H3,(H2,20,21,22);1H. The van der Waals surface area contributed by atoms with Crippen molar-refractivity contribution in [2.75, 3.05) is 26.9 Å². The van der Waals surface area contributed by atoms with Crippen molar-refractivity contribution < 1.29 is 14.2 Å². The lowest BCUT2D eigenvalue weighted by Crippen LogP contribution is -2.43. The molecule has 0 spiro atoms. The molecule has 0 aromatic heterocycles. The van der Waals surface area contributed by atoms with Crippen LogP contribution in [-0.2, 0) is 17.7 Å². The number of nitrogens with zero attached hydrogens (tertiary/aromatic N) is 1. The van der Waals surface area contributed by atoms with E-state index in [1.807, 2.05) is 6.92 Å². The molecule has 26 heavy (non-hydrogen) atoms. The molecule has 0 amide bonds. The SMILES string of the molecule is CCNC(=NCc1cc2c(cc1OCC)CC(C)O2)NC(C)COC.I. The van der Waals surface area contributed by atoms with E-state index in [9.17, 15) is 0 Å². The molecule has 7 heteroatoms. The van der Waals surface area contributed by atoms with Gasteiger partial charge < -0.3 is 24.8 Å². The van der Waals surface area contributed by atoms with Crippen LogP contribution in [0.2, 0.25) is 0 Å². The van der Waals surface area contributed by atoms with Gasteiger partial charge >= 0.3 is 0 Å². The Morgan fingerprint density at radius 2 is 2.15 bits per heavy atom. The van der Waals surface area contributed by atoms with E-state index in [4.69, 9.17) is 19.2 Å². The minimum Gasteiger partial charge on any atom is -0.494 e. The van der Waals surface area contributed by atoms with Crippen LogP contribution in [0.1, 0.15) is 38.8 Å². The van der Waals surface area contributed by atoms with Crippen molar-refractivity contribution in [1.82, 2.24) is 10.6 Å². The van der Waals surface area contributed by atoms with Crippen molar-refractivity contribution in [3.8, 4) is 11.5 Å². The number of hydrogen-bond acceptors (Lipinski definition) is 4. The van der Waals surface area contributed by atoms with Crippen LogP contribution in [0, 0.1) is 0 Å². The number of fused-ring (bicyclic) bond motifs is 1. The summed E-state index contributed by atoms with van der Waals surface area (Å²) in [6.45, 7) is 10.8. The minimum absolute atomic E-state index is 0. The fourth-order valence-corrected chi connectivity index (χ4v) is 2.90. The topological polar surface area (TPSA) is 64.1 Å². The highest BCUT2D eigenvalue weighted by Crippen LogP contribution is 2.35. The number of rotatable bonds is 8. The van der Waals surface area contributed by atoms with Gasteiger partial charge in [-0.2, -0.15) is 0 Å². The van der Waals surface area contributed by atoms with Gasteiger partial charge in [0.05, 0.1) is 19.8 Å². The van der Waals surface area contributed by atoms with Crippen LogP contribution >= 0.6 is 24.0 Å². The minimum atomic E-state index is 0. The second-order valence-corrected chi connectivity index (χ2v) is 6.33. The van der Waals surface area contributed by atoms with Crippen LogP contribution in [0.25, 0.3) is 0 Å². The van der Waals surface area contributed by atoms with Gasteiger partial charge in [0.1, 0.15) is 17.6 Å². The molecule has 1 aliphatic heterocycles. The van der Waals surface area contributed by atoms with Crippen LogP contribution in [0.5, 0.6) is 11.5 Å². The lowest BCUT2D eigenvalue weighted by Gasteiger charge is -2.17. The molecule has 1 aliphatic rings. The highest BCUT2D eigenvalue weighted by molar-refractivity contribution is 14.0. The zero-order valence-electron chi connectivity index (χ0n) is 16.4. The van der Waals surface area contributed by atoms with Crippen molar-refractivity contribution in [1.29, 1.82) is 0 Å². The van der Waals surface area contributed by atoms with Gasteiger partial charge in [-0.25, -0.2) is 4.99 Å². The maximum atomic E-state index is 5.88. The first-order valence-corrected chi connectivity index (χ1v) is 9.06. The highest BCUT2D eigenvalue weighted by atomic mass is 127. The fourth-order valence-electron chi connectivity index (χ4n) is 2.90. The Kier molecular flexibility index (Phi) is 10.1. The number of methoxy groups -OCH3 is 1. The highest BCUT2D eigenvalue weighted by Gasteiger charge is 2.21. The Morgan fingerprint density at radius 3 is 2.81 bits per heavy atom. The summed E-state index contributed by atoms with van der Waals surface area (Å²) in [5.41, 5.74) is 2.24. The van der Waals surface area contributed by atoms with Crippen LogP contribution in [0.4, 0.5) is 0 Å². The van der Waals surface area contributed by atoms with Gasteiger partial charge in [-0.1, -0.05) is 0 Å². The largest absolute Gasteiger partial charge is 0.494 e. The number of aliphatic imine (C=N–C) groups is 1. The normalized spacial score (nSPS) is 17.0. The molecule has 2 rings (SSSR count). The Morgan fingerprint density at radius 1 is 1.38 bits per heavy atom. The summed E-state index contributed by atoms with van der Waals surface area (Å²) in [4.78, 5) is 4.70. The summed E-state index contributed by atoms with van der Waals surface area (Å²) < 4.78 is 16.9. The number of hydrogen-bond donors (Lipinski definition) is 2. The van der Waals surface area contributed by atoms with E-state index in [2.05, 4.69) is 43.5 Å². The number of benzene rings is 1. The molecule has 2 N–H and O–H groups in total. The first-order valence-electron chi connectivity index (χ1n) is 9.06. The van der Waals surface area contributed by atoms with Gasteiger partial charge in [-0.15, -0.1) is 24.0 Å². The van der Waals surface area contributed by atoms with Crippen molar-refractivity contribution in [2.45, 2.75) is 52.8 Å². The van der Waals surface area contributed by atoms with Gasteiger partial charge in [0.25, 0.3) is 0 Å². The monoisotopic (exact) mass is 477 g/mol. The van der Waals surface area contributed by atoms with Gasteiger partial charge in [-0.3, -0.25) is 0 Å². The third-order valence-corrected chi connectivity index (χ3v) is 3.93. The lowest BCUT2D eigenvalue weighted by molar-refractivity contribution is 0.179. The third kappa shape index (κ3) is 6.50. The van der Waals surface area contributed by atoms with Crippen LogP contribution in [0.15, 0.2) is 17.1 Å². The molecular weight excluding hydrogens is 445 g/mol. The van der Waals surface area contributed by atoms with Crippen LogP contribution < -0.4 is 20.1 Å². The average Bonchev–Trinajstić information content (AvgIpc) is 2.92. The number of nitrogens with one attached hydrogen (secondary N) is 2. The summed E-state index contributed by atoms with van der Waals surface area (Å²) in [5.74, 6) is 2.61. The molecule has 6 nitrogen and oxygen atoms in total. The summed E-state index contributed by atoms with van der Waals surface area (Å²) in [7, 11) is 1.70. The first kappa shape index (κ1) is 22.8. The third-order valence-electron chi connectivity index (χ3n) is 3.93. The molecule has 1 heterocycles. The second-order valence-electron chi connectivity index (χ2n) is 6.33. The summed E-state index contributed by atoms with van der Waals surface area (Å²) >= 11 is 0. The Hall–Kier alpha value is -1.22. The molecule has 1 aromatic carbocycles. The van der Waals surface area contributed by atoms with E-state index in [0.29, 0.717) is 19.8 Å². The van der Waals surface area contributed by atoms with Crippen LogP contribution in [-0.4, -0.2) is 45.0 Å². The van der Waals surface area contributed by atoms with Crippen LogP contribution in [0.3, 0.4) is 0 Å². The second kappa shape index (κ2) is 11.5. The number of halogens is 1. The lowest BCUT2D eigenvalue weighted by atomic mass is 10.1. The van der Waals surface area contributed by atoms with Crippen molar-refractivity contribution in [2.24, 2.45) is 4.99 Å². The van der Waals surface area contributed by atoms with Crippen molar-refractivity contribution in [3.63, 3.8) is 0 Å². The molecule has 0 radical (unpaired) electrons. The Balaban J connectivity index is 0.00000338. The van der Waals surface area contributed by atoms with Gasteiger partial charge in [0.15, 0.2) is 5.96 Å². The molecule has 0 saturated heterocycles. The average molecular weight is 477 g/mol. The Labute approximate surface area is 174 Å². The molecule has 0 aliphatic carbocycles.